The molecule has 176 valence electrons. The fraction of sp³-hybridized carbons (Fsp3) is 0.200. The summed E-state index contributed by atoms with van der Waals surface area (Å²) < 4.78 is 9.81. The normalized spacial score (nSPS) is 11.5. The highest BCUT2D eigenvalue weighted by molar-refractivity contribution is 7.10. The van der Waals surface area contributed by atoms with E-state index in [2.05, 4.69) is 35.1 Å². The lowest BCUT2D eigenvalue weighted by atomic mass is 9.96. The molecular formula is C25H23N7O2S. The first kappa shape index (κ1) is 22.6. The van der Waals surface area contributed by atoms with Gasteiger partial charge in [-0.15, -0.1) is 0 Å². The van der Waals surface area contributed by atoms with Gasteiger partial charge in [-0.05, 0) is 48.8 Å². The molecule has 10 heteroatoms. The molecule has 5 rings (SSSR count). The Morgan fingerprint density at radius 2 is 1.83 bits per heavy atom. The smallest absolute Gasteiger partial charge is 0.260 e. The summed E-state index contributed by atoms with van der Waals surface area (Å²) in [6, 6.07) is 14.9. The number of rotatable bonds is 5. The van der Waals surface area contributed by atoms with Gasteiger partial charge < -0.3 is 15.2 Å². The lowest BCUT2D eigenvalue weighted by Crippen LogP contribution is -2.14. The highest BCUT2D eigenvalue weighted by atomic mass is 32.1. The minimum Gasteiger partial charge on any atom is -0.334 e. The van der Waals surface area contributed by atoms with Gasteiger partial charge in [-0.3, -0.25) is 9.78 Å². The Balaban J connectivity index is 1.37. The molecule has 0 saturated heterocycles. The van der Waals surface area contributed by atoms with Crippen molar-refractivity contribution < 1.29 is 9.32 Å². The number of carbonyl (C=O) groups excluding carboxylic acids is 1. The van der Waals surface area contributed by atoms with Crippen LogP contribution < -0.4 is 10.6 Å². The highest BCUT2D eigenvalue weighted by Gasteiger charge is 2.22. The third kappa shape index (κ3) is 4.73. The Morgan fingerprint density at radius 3 is 2.60 bits per heavy atom. The summed E-state index contributed by atoms with van der Waals surface area (Å²) in [6.45, 7) is 7.85. The van der Waals surface area contributed by atoms with Crippen LogP contribution in [0.1, 0.15) is 42.6 Å². The summed E-state index contributed by atoms with van der Waals surface area (Å²) in [5.74, 6) is 1.27. The molecule has 0 saturated carbocycles. The average Bonchev–Trinajstić information content (AvgIpc) is 3.47. The van der Waals surface area contributed by atoms with E-state index < -0.39 is 0 Å². The molecule has 3 heterocycles. The number of anilines is 3. The molecule has 0 aliphatic carbocycles. The first-order valence-corrected chi connectivity index (χ1v) is 11.8. The molecule has 1 amide bonds. The van der Waals surface area contributed by atoms with Gasteiger partial charge in [0, 0.05) is 16.7 Å². The summed E-state index contributed by atoms with van der Waals surface area (Å²) in [5, 5.41) is 10.8. The van der Waals surface area contributed by atoms with Crippen LogP contribution in [-0.2, 0) is 5.41 Å². The standard InChI is InChI=1S/C25H23N7O2S/c1-14-20(23(35-32-14)29-19-13-26-17-10-5-6-11-18(17)28-19)21(33)27-16-9-7-8-15(12-16)22-30-24(31-34-22)25(2,3)4/h5-13H,1-4H3,(H,27,33)(H,28,29). The largest absolute Gasteiger partial charge is 0.334 e. The number of benzene rings is 2. The van der Waals surface area contributed by atoms with Crippen molar-refractivity contribution in [2.24, 2.45) is 0 Å². The first-order valence-electron chi connectivity index (χ1n) is 11.0. The van der Waals surface area contributed by atoms with Crippen molar-refractivity contribution in [1.82, 2.24) is 24.5 Å². The maximum Gasteiger partial charge on any atom is 0.260 e. The Labute approximate surface area is 205 Å². The molecule has 0 aliphatic rings. The summed E-state index contributed by atoms with van der Waals surface area (Å²) in [4.78, 5) is 26.7. The Morgan fingerprint density at radius 1 is 1.03 bits per heavy atom. The second-order valence-electron chi connectivity index (χ2n) is 9.05. The van der Waals surface area contributed by atoms with Gasteiger partial charge in [0.1, 0.15) is 10.8 Å². The molecule has 0 radical (unpaired) electrons. The molecule has 0 atom stereocenters. The van der Waals surface area contributed by atoms with Crippen LogP contribution in [0.25, 0.3) is 22.5 Å². The minimum absolute atomic E-state index is 0.226. The lowest BCUT2D eigenvalue weighted by Gasteiger charge is -2.11. The molecule has 0 aliphatic heterocycles. The molecule has 0 fully saturated rings. The van der Waals surface area contributed by atoms with Gasteiger partial charge in [0.15, 0.2) is 5.82 Å². The van der Waals surface area contributed by atoms with E-state index in [9.17, 15) is 4.79 Å². The zero-order chi connectivity index (χ0) is 24.6. The van der Waals surface area contributed by atoms with Crippen LogP contribution in [0.15, 0.2) is 59.3 Å². The summed E-state index contributed by atoms with van der Waals surface area (Å²) in [5.41, 5.74) is 3.72. The molecule has 3 aromatic heterocycles. The summed E-state index contributed by atoms with van der Waals surface area (Å²) in [6.07, 6.45) is 1.64. The fourth-order valence-electron chi connectivity index (χ4n) is 3.43. The minimum atomic E-state index is -0.287. The van der Waals surface area contributed by atoms with Crippen LogP contribution in [-0.4, -0.2) is 30.4 Å². The van der Waals surface area contributed by atoms with Gasteiger partial charge in [-0.25, -0.2) is 4.98 Å². The van der Waals surface area contributed by atoms with E-state index in [1.165, 1.54) is 11.5 Å². The van der Waals surface area contributed by atoms with Gasteiger partial charge in [0.25, 0.3) is 11.8 Å². The highest BCUT2D eigenvalue weighted by Crippen LogP contribution is 2.30. The maximum absolute atomic E-state index is 13.2. The van der Waals surface area contributed by atoms with Crippen molar-refractivity contribution in [3.8, 4) is 11.5 Å². The number of hydrogen-bond donors (Lipinski definition) is 2. The van der Waals surface area contributed by atoms with Crippen LogP contribution in [0.2, 0.25) is 0 Å². The van der Waals surface area contributed by atoms with E-state index in [0.717, 1.165) is 16.6 Å². The van der Waals surface area contributed by atoms with Crippen molar-refractivity contribution >= 4 is 45.0 Å². The number of nitrogens with one attached hydrogen (secondary N) is 2. The van der Waals surface area contributed by atoms with Crippen molar-refractivity contribution in [2.75, 3.05) is 10.6 Å². The van der Waals surface area contributed by atoms with Crippen LogP contribution >= 0.6 is 11.5 Å². The Hall–Kier alpha value is -4.18. The third-order valence-electron chi connectivity index (χ3n) is 5.24. The molecule has 0 bridgehead atoms. The fourth-order valence-corrected chi connectivity index (χ4v) is 4.23. The van der Waals surface area contributed by atoms with Crippen molar-refractivity contribution in [1.29, 1.82) is 0 Å². The molecule has 0 spiro atoms. The molecule has 5 aromatic rings. The monoisotopic (exact) mass is 485 g/mol. The van der Waals surface area contributed by atoms with Gasteiger partial charge in [0.05, 0.1) is 28.5 Å². The van der Waals surface area contributed by atoms with E-state index in [1.54, 1.807) is 25.3 Å². The SMILES string of the molecule is Cc1nsc(Nc2cnc3ccccc3n2)c1C(=O)Nc1cccc(-c2nc(C(C)(C)C)no2)c1. The first-order chi connectivity index (χ1) is 16.8. The topological polar surface area (TPSA) is 119 Å². The van der Waals surface area contributed by atoms with Crippen molar-refractivity contribution in [3.05, 3.63) is 71.8 Å². The second-order valence-corrected chi connectivity index (χ2v) is 9.82. The third-order valence-corrected chi connectivity index (χ3v) is 6.10. The second kappa shape index (κ2) is 8.88. The maximum atomic E-state index is 13.2. The zero-order valence-electron chi connectivity index (χ0n) is 19.7. The number of amides is 1. The zero-order valence-corrected chi connectivity index (χ0v) is 20.5. The van der Waals surface area contributed by atoms with E-state index in [0.29, 0.717) is 39.5 Å². The van der Waals surface area contributed by atoms with Crippen LogP contribution in [0.5, 0.6) is 0 Å². The number of fused-ring (bicyclic) bond motifs is 1. The predicted molar refractivity (Wildman–Crippen MR) is 136 cm³/mol. The molecule has 35 heavy (non-hydrogen) atoms. The molecular weight excluding hydrogens is 462 g/mol. The molecule has 2 N–H and O–H groups in total. The summed E-state index contributed by atoms with van der Waals surface area (Å²) in [7, 11) is 0. The van der Waals surface area contributed by atoms with Crippen LogP contribution in [0.4, 0.5) is 16.5 Å². The number of hydrogen-bond acceptors (Lipinski definition) is 9. The Bertz CT molecular complexity index is 1530. The average molecular weight is 486 g/mol. The summed E-state index contributed by atoms with van der Waals surface area (Å²) >= 11 is 1.20. The van der Waals surface area contributed by atoms with Gasteiger partial charge in [-0.1, -0.05) is 44.1 Å². The van der Waals surface area contributed by atoms with Gasteiger partial charge >= 0.3 is 0 Å². The number of aromatic nitrogens is 5. The van der Waals surface area contributed by atoms with Crippen molar-refractivity contribution in [3.63, 3.8) is 0 Å². The van der Waals surface area contributed by atoms with E-state index in [4.69, 9.17) is 4.52 Å². The molecule has 9 nitrogen and oxygen atoms in total. The van der Waals surface area contributed by atoms with Crippen LogP contribution in [0, 0.1) is 6.92 Å². The predicted octanol–water partition coefficient (Wildman–Crippen LogP) is 5.74. The van der Waals surface area contributed by atoms with Crippen LogP contribution in [0.3, 0.4) is 0 Å². The number of nitrogens with zero attached hydrogens (tertiary/aromatic N) is 5. The van der Waals surface area contributed by atoms with E-state index >= 15 is 0 Å². The van der Waals surface area contributed by atoms with Gasteiger partial charge in [-0.2, -0.15) is 9.36 Å². The molecule has 0 unspecified atom stereocenters. The lowest BCUT2D eigenvalue weighted by molar-refractivity contribution is 0.102. The van der Waals surface area contributed by atoms with Crippen molar-refractivity contribution in [2.45, 2.75) is 33.1 Å². The molecule has 2 aromatic carbocycles. The number of para-hydroxylation sites is 2. The number of aryl methyl sites for hydroxylation is 1. The quantitative estimate of drug-likeness (QED) is 0.324. The Kier molecular flexibility index (Phi) is 5.73. The van der Waals surface area contributed by atoms with Gasteiger partial charge in [0.2, 0.25) is 0 Å². The number of carbonyl (C=O) groups is 1. The van der Waals surface area contributed by atoms with E-state index in [1.807, 2.05) is 57.2 Å². The van der Waals surface area contributed by atoms with E-state index in [-0.39, 0.29) is 11.3 Å².